The van der Waals surface area contributed by atoms with Gasteiger partial charge in [-0.05, 0) is 67.3 Å². The lowest BCUT2D eigenvalue weighted by Gasteiger charge is -2.25. The first-order valence-corrected chi connectivity index (χ1v) is 54.4. The molecule has 0 aliphatic rings. The van der Waals surface area contributed by atoms with E-state index in [9.17, 15) is 47.9 Å². The molecular weight excluding hydrogens is 1680 g/mol. The van der Waals surface area contributed by atoms with Crippen LogP contribution in [-0.2, 0) is 90.6 Å². The number of esters is 9. The van der Waals surface area contributed by atoms with E-state index >= 15 is 0 Å². The lowest BCUT2D eigenvalue weighted by atomic mass is 10.1. The second kappa shape index (κ2) is 90.0. The minimum Gasteiger partial charge on any atom is -0.466 e. The van der Waals surface area contributed by atoms with Crippen LogP contribution < -0.4 is 10.6 Å². The first kappa shape index (κ1) is 120. The van der Waals surface area contributed by atoms with Gasteiger partial charge in [0.25, 0.3) is 0 Å². The molecule has 124 heavy (non-hydrogen) atoms. The summed E-state index contributed by atoms with van der Waals surface area (Å²) in [7, 11) is 0. The average Bonchev–Trinajstić information content (AvgIpc) is 0.894. The van der Waals surface area contributed by atoms with Crippen LogP contribution in [0.2, 0.25) is 0 Å². The van der Waals surface area contributed by atoms with Crippen molar-refractivity contribution in [1.29, 1.82) is 0 Å². The largest absolute Gasteiger partial charge is 0.466 e. The van der Waals surface area contributed by atoms with Crippen LogP contribution in [0.5, 0.6) is 0 Å². The molecule has 24 nitrogen and oxygen atoms in total. The lowest BCUT2D eigenvalue weighted by Crippen LogP contribution is -2.41. The molecule has 0 aliphatic carbocycles. The Kier molecular flexibility index (Phi) is 87.4. The fourth-order valence-electron chi connectivity index (χ4n) is 12.9. The Morgan fingerprint density at radius 1 is 0.226 bits per heavy atom. The highest BCUT2D eigenvalue weighted by Gasteiger charge is 2.22. The maximum Gasteiger partial charge on any atom is 0.309 e. The van der Waals surface area contributed by atoms with E-state index in [1.165, 1.54) is 161 Å². The molecule has 29 heteroatoms. The Bertz CT molecular complexity index is 2350. The summed E-state index contributed by atoms with van der Waals surface area (Å²) < 4.78 is 49.8. The van der Waals surface area contributed by atoms with Gasteiger partial charge in [0.05, 0.1) is 75.1 Å². The molecule has 0 aromatic heterocycles. The lowest BCUT2D eigenvalue weighted by molar-refractivity contribution is -0.154. The predicted molar refractivity (Wildman–Crippen MR) is 515 cm³/mol. The van der Waals surface area contributed by atoms with E-state index in [4.69, 9.17) is 42.6 Å². The number of rotatable bonds is 94. The smallest absolute Gasteiger partial charge is 0.309 e. The second-order valence-corrected chi connectivity index (χ2v) is 39.0. The molecule has 0 amide bonds. The molecule has 0 saturated carbocycles. The van der Waals surface area contributed by atoms with Crippen LogP contribution in [0.15, 0.2) is 0 Å². The highest BCUT2D eigenvalue weighted by molar-refractivity contribution is 8.00. The van der Waals surface area contributed by atoms with Gasteiger partial charge in [0, 0.05) is 133 Å². The molecule has 5 unspecified atom stereocenters. The molecular formula is C95H177N5O19S5. The zero-order valence-electron chi connectivity index (χ0n) is 79.5. The number of hydrogen-bond acceptors (Lipinski definition) is 29. The van der Waals surface area contributed by atoms with E-state index in [0.29, 0.717) is 114 Å². The Labute approximate surface area is 774 Å². The van der Waals surface area contributed by atoms with Crippen LogP contribution in [0.3, 0.4) is 0 Å². The van der Waals surface area contributed by atoms with Gasteiger partial charge in [-0.3, -0.25) is 47.9 Å². The monoisotopic (exact) mass is 1850 g/mol. The molecule has 0 aromatic rings. The van der Waals surface area contributed by atoms with Crippen molar-refractivity contribution < 1.29 is 90.6 Å². The Morgan fingerprint density at radius 2 is 0.427 bits per heavy atom. The normalized spacial score (nSPS) is 12.7. The molecule has 0 fully saturated rings. The zero-order chi connectivity index (χ0) is 91.2. The summed E-state index contributed by atoms with van der Waals surface area (Å²) in [5.74, 6) is 3.88. The third-order valence-electron chi connectivity index (χ3n) is 21.1. The van der Waals surface area contributed by atoms with Gasteiger partial charge in [0.1, 0.15) is 45.4 Å². The van der Waals surface area contributed by atoms with Crippen molar-refractivity contribution in [2.45, 2.75) is 313 Å². The van der Waals surface area contributed by atoms with E-state index in [1.54, 1.807) is 58.8 Å². The zero-order valence-corrected chi connectivity index (χ0v) is 83.6. The Hall–Kier alpha value is -3.55. The molecule has 0 radical (unpaired) electrons. The molecule has 5 atom stereocenters. The van der Waals surface area contributed by atoms with Crippen molar-refractivity contribution >= 4 is 118 Å². The fourth-order valence-corrected chi connectivity index (χ4v) is 18.2. The van der Waals surface area contributed by atoms with Crippen molar-refractivity contribution in [2.24, 2.45) is 29.6 Å². The highest BCUT2D eigenvalue weighted by Crippen LogP contribution is 2.21. The van der Waals surface area contributed by atoms with Gasteiger partial charge in [-0.1, -0.05) is 230 Å². The van der Waals surface area contributed by atoms with Crippen LogP contribution in [-0.4, -0.2) is 276 Å². The number of nitrogens with one attached hydrogen (secondary N) is 2. The van der Waals surface area contributed by atoms with Crippen molar-refractivity contribution in [3.8, 4) is 0 Å². The van der Waals surface area contributed by atoms with Crippen LogP contribution in [0.1, 0.15) is 313 Å². The van der Waals surface area contributed by atoms with Gasteiger partial charge in [0.2, 0.25) is 0 Å². The van der Waals surface area contributed by atoms with Crippen molar-refractivity contribution in [1.82, 2.24) is 25.3 Å². The maximum absolute atomic E-state index is 13.4. The summed E-state index contributed by atoms with van der Waals surface area (Å²) in [5.41, 5.74) is 0. The number of carbonyl (C=O) groups is 10. The summed E-state index contributed by atoms with van der Waals surface area (Å²) in [6.07, 6.45) is 38.1. The molecule has 0 heterocycles. The first-order chi connectivity index (χ1) is 60.2. The van der Waals surface area contributed by atoms with E-state index in [2.05, 4.69) is 50.2 Å². The van der Waals surface area contributed by atoms with Gasteiger partial charge < -0.3 is 68.0 Å². The topological polar surface area (TPSA) is 288 Å². The number of carbonyl (C=O) groups excluding carboxylic acids is 10. The molecule has 2 N–H and O–H groups in total. The van der Waals surface area contributed by atoms with Crippen LogP contribution in [0.25, 0.3) is 0 Å². The summed E-state index contributed by atoms with van der Waals surface area (Å²) in [6.45, 7) is 26.0. The fraction of sp³-hybridized carbons (Fsp3) is 0.895. The van der Waals surface area contributed by atoms with Crippen LogP contribution in [0.4, 0.5) is 0 Å². The number of Topliss-reactive ketones (excluding diaryl/α,β-unsaturated/α-hetero) is 1. The van der Waals surface area contributed by atoms with Crippen molar-refractivity contribution in [3.05, 3.63) is 0 Å². The number of unbranched alkanes of at least 4 members (excludes halogenated alkanes) is 25. The van der Waals surface area contributed by atoms with E-state index in [-0.39, 0.29) is 182 Å². The number of nitrogens with zero attached hydrogens (tertiary/aromatic N) is 3. The summed E-state index contributed by atoms with van der Waals surface area (Å²) in [5, 5.41) is 7.04. The number of ether oxygens (including phenoxy) is 9. The van der Waals surface area contributed by atoms with E-state index in [1.807, 2.05) is 44.4 Å². The van der Waals surface area contributed by atoms with E-state index in [0.717, 1.165) is 60.9 Å². The molecule has 0 rings (SSSR count). The second-order valence-electron chi connectivity index (χ2n) is 33.2. The van der Waals surface area contributed by atoms with Gasteiger partial charge in [-0.25, -0.2) is 0 Å². The standard InChI is InChI=1S/C95H177N5O19S5/c1-11-16-21-26-31-36-71-120-76-81(6)91(106)115-62-41-43-86(101)44-53-98(54-45-88(103)112-65-68-117-93(108)83(8)78-122-73-38-33-28-23-18-13-3)58-49-96-51-60-100(57-48-87(102)111-63-42-64-116-92(107)82(7)77-121-72-37-32-27-22-17-12-2)61-52-97-50-59-99(55-46-89(104)113-66-69-118-94(109)84(9)79-123-74-39-34-29-24-19-14-4)56-47-90(105)114-67-70-119-95(110)85(10)80-124-75-40-35-30-25-20-15-5/h81-85,96-97H,11-80H2,1-10H3. The highest BCUT2D eigenvalue weighted by atomic mass is 32.2. The van der Waals surface area contributed by atoms with E-state index < -0.39 is 17.9 Å². The minimum absolute atomic E-state index is 0.0129. The molecule has 0 bridgehead atoms. The Morgan fingerprint density at radius 3 is 0.694 bits per heavy atom. The quantitative estimate of drug-likeness (QED) is 0.0325. The summed E-state index contributed by atoms with van der Waals surface area (Å²) in [6, 6.07) is 0. The third kappa shape index (κ3) is 79.4. The molecule has 0 saturated heterocycles. The van der Waals surface area contributed by atoms with Gasteiger partial charge in [-0.2, -0.15) is 58.8 Å². The molecule has 0 aromatic carbocycles. The predicted octanol–water partition coefficient (Wildman–Crippen LogP) is 18.3. The number of thioether (sulfide) groups is 5. The molecule has 0 spiro atoms. The van der Waals surface area contributed by atoms with Crippen LogP contribution >= 0.6 is 58.8 Å². The van der Waals surface area contributed by atoms with Gasteiger partial charge >= 0.3 is 53.7 Å². The van der Waals surface area contributed by atoms with Crippen LogP contribution in [0, 0.1) is 29.6 Å². The van der Waals surface area contributed by atoms with Crippen molar-refractivity contribution in [2.75, 3.05) is 202 Å². The molecule has 0 aliphatic heterocycles. The van der Waals surface area contributed by atoms with Crippen molar-refractivity contribution in [3.63, 3.8) is 0 Å². The maximum atomic E-state index is 13.4. The SMILES string of the molecule is CCCCCCCCSCC(C)C(=O)OCCCOC(=O)CCN(CCNCCN(CCC(=O)CCCOC(=O)C(C)CSCCCCCCCC)CCC(=O)OCCOC(=O)C(C)CSCCCCCCCC)CCNCCN(CCC(=O)OCCOC(=O)C(C)CSCCCCCCCC)CCC(=O)OCCOC(=O)C(C)CSCCCCCCCC. The summed E-state index contributed by atoms with van der Waals surface area (Å²) >= 11 is 8.83. The summed E-state index contributed by atoms with van der Waals surface area (Å²) in [4.78, 5) is 136. The molecule has 726 valence electrons. The van der Waals surface area contributed by atoms with Gasteiger partial charge in [0.15, 0.2) is 0 Å². The average molecular weight is 1850 g/mol. The van der Waals surface area contributed by atoms with Gasteiger partial charge in [-0.15, -0.1) is 0 Å². The minimum atomic E-state index is -0.476. The first-order valence-electron chi connectivity index (χ1n) is 48.7. The Balaban J connectivity index is 6.21. The number of hydrogen-bond donors (Lipinski definition) is 2. The third-order valence-corrected chi connectivity index (χ3v) is 27.7. The number of ketones is 1.